The standard InChI is InChI=1S/C24H25ClN4O3S/c25-19-8-6-18(7-9-19)16-28(17-22-10-11-23(33-22)29(31)32)21-12-14-27(15-13-21)24(30)26-20-4-2-1-3-5-20/h1-11,21H,12-17H2,(H,26,30). The molecule has 2 heterocycles. The van der Waals surface area contributed by atoms with E-state index in [-0.39, 0.29) is 22.0 Å². The smallest absolute Gasteiger partial charge is 0.324 e. The van der Waals surface area contributed by atoms with Crippen molar-refractivity contribution in [3.05, 3.63) is 92.3 Å². The molecule has 0 radical (unpaired) electrons. The molecule has 1 N–H and O–H groups in total. The topological polar surface area (TPSA) is 78.7 Å². The van der Waals surface area contributed by atoms with Gasteiger partial charge >= 0.3 is 11.0 Å². The molecule has 0 aliphatic carbocycles. The van der Waals surface area contributed by atoms with Crippen LogP contribution in [0.5, 0.6) is 0 Å². The fourth-order valence-electron chi connectivity index (χ4n) is 4.05. The van der Waals surface area contributed by atoms with Gasteiger partial charge in [-0.3, -0.25) is 15.0 Å². The molecule has 0 bridgehead atoms. The van der Waals surface area contributed by atoms with Crippen LogP contribution < -0.4 is 5.32 Å². The van der Waals surface area contributed by atoms with E-state index in [1.165, 1.54) is 11.3 Å². The molecule has 1 fully saturated rings. The maximum Gasteiger partial charge on any atom is 0.324 e. The highest BCUT2D eigenvalue weighted by molar-refractivity contribution is 7.15. The van der Waals surface area contributed by atoms with Gasteiger partial charge < -0.3 is 10.2 Å². The van der Waals surface area contributed by atoms with E-state index in [1.54, 1.807) is 6.07 Å². The number of thiophene rings is 1. The van der Waals surface area contributed by atoms with Crippen LogP contribution in [0.1, 0.15) is 23.3 Å². The average Bonchev–Trinajstić information content (AvgIpc) is 3.30. The molecule has 1 aliphatic heterocycles. The van der Waals surface area contributed by atoms with Crippen molar-refractivity contribution in [2.45, 2.75) is 32.0 Å². The lowest BCUT2D eigenvalue weighted by atomic mass is 10.0. The number of benzene rings is 2. The Morgan fingerprint density at radius 1 is 1.06 bits per heavy atom. The summed E-state index contributed by atoms with van der Waals surface area (Å²) < 4.78 is 0. The number of likely N-dealkylation sites (tertiary alicyclic amines) is 1. The highest BCUT2D eigenvalue weighted by atomic mass is 35.5. The molecular weight excluding hydrogens is 460 g/mol. The van der Waals surface area contributed by atoms with Gasteiger partial charge in [0.2, 0.25) is 0 Å². The Morgan fingerprint density at radius 3 is 2.39 bits per heavy atom. The van der Waals surface area contributed by atoms with Crippen molar-refractivity contribution in [1.82, 2.24) is 9.80 Å². The molecule has 2 aromatic carbocycles. The second-order valence-corrected chi connectivity index (χ2v) is 9.63. The van der Waals surface area contributed by atoms with Crippen molar-refractivity contribution in [2.24, 2.45) is 0 Å². The van der Waals surface area contributed by atoms with Crippen LogP contribution in [0.4, 0.5) is 15.5 Å². The Morgan fingerprint density at radius 2 is 1.76 bits per heavy atom. The number of carbonyl (C=O) groups is 1. The first kappa shape index (κ1) is 23.2. The third kappa shape index (κ3) is 6.31. The molecule has 3 aromatic rings. The predicted molar refractivity (Wildman–Crippen MR) is 132 cm³/mol. The van der Waals surface area contributed by atoms with Crippen LogP contribution in [0.3, 0.4) is 0 Å². The molecule has 0 saturated carbocycles. The molecule has 1 aliphatic rings. The Labute approximate surface area is 201 Å². The first-order valence-corrected chi connectivity index (χ1v) is 12.0. The SMILES string of the molecule is O=C(Nc1ccccc1)N1CCC(N(Cc2ccc(Cl)cc2)Cc2ccc([N+](=O)[O-])s2)CC1. The minimum Gasteiger partial charge on any atom is -0.324 e. The van der Waals surface area contributed by atoms with Crippen molar-refractivity contribution in [3.63, 3.8) is 0 Å². The van der Waals surface area contributed by atoms with E-state index in [4.69, 9.17) is 11.6 Å². The summed E-state index contributed by atoms with van der Waals surface area (Å²) in [6.45, 7) is 2.65. The normalized spacial score (nSPS) is 14.4. The zero-order chi connectivity index (χ0) is 23.2. The number of para-hydroxylation sites is 1. The zero-order valence-corrected chi connectivity index (χ0v) is 19.6. The van der Waals surface area contributed by atoms with Gasteiger partial charge in [0, 0.05) is 53.9 Å². The van der Waals surface area contributed by atoms with E-state index in [2.05, 4.69) is 10.2 Å². The van der Waals surface area contributed by atoms with E-state index in [1.807, 2.05) is 65.6 Å². The lowest BCUT2D eigenvalue weighted by molar-refractivity contribution is -0.380. The maximum absolute atomic E-state index is 12.7. The largest absolute Gasteiger partial charge is 0.324 e. The Hall–Kier alpha value is -2.94. The first-order chi connectivity index (χ1) is 16.0. The summed E-state index contributed by atoms with van der Waals surface area (Å²) in [5.41, 5.74) is 1.92. The summed E-state index contributed by atoms with van der Waals surface area (Å²) in [7, 11) is 0. The number of nitro groups is 1. The molecule has 4 rings (SSSR count). The number of hydrogen-bond acceptors (Lipinski definition) is 5. The average molecular weight is 485 g/mol. The molecule has 0 unspecified atom stereocenters. The summed E-state index contributed by atoms with van der Waals surface area (Å²) in [5, 5.41) is 14.9. The Balaban J connectivity index is 1.42. The maximum atomic E-state index is 12.7. The van der Waals surface area contributed by atoms with Gasteiger partial charge in [0.1, 0.15) is 0 Å². The number of urea groups is 1. The first-order valence-electron chi connectivity index (χ1n) is 10.8. The van der Waals surface area contributed by atoms with Gasteiger partial charge in [-0.2, -0.15) is 0 Å². The number of anilines is 1. The van der Waals surface area contributed by atoms with Gasteiger partial charge in [0.15, 0.2) is 0 Å². The fourth-order valence-corrected chi connectivity index (χ4v) is 5.02. The molecule has 172 valence electrons. The molecule has 0 atom stereocenters. The van der Waals surface area contributed by atoms with E-state index in [0.717, 1.165) is 29.0 Å². The van der Waals surface area contributed by atoms with Gasteiger partial charge in [0.25, 0.3) is 0 Å². The molecule has 33 heavy (non-hydrogen) atoms. The zero-order valence-electron chi connectivity index (χ0n) is 18.0. The summed E-state index contributed by atoms with van der Waals surface area (Å²) in [6.07, 6.45) is 1.67. The van der Waals surface area contributed by atoms with Gasteiger partial charge in [-0.15, -0.1) is 0 Å². The van der Waals surface area contributed by atoms with E-state index < -0.39 is 0 Å². The van der Waals surface area contributed by atoms with Crippen LogP contribution in [0.2, 0.25) is 5.02 Å². The van der Waals surface area contributed by atoms with Crippen molar-refractivity contribution in [1.29, 1.82) is 0 Å². The quantitative estimate of drug-likeness (QED) is 0.329. The van der Waals surface area contributed by atoms with Crippen LogP contribution in [0.25, 0.3) is 0 Å². The third-order valence-corrected chi connectivity index (χ3v) is 7.05. The number of nitrogens with one attached hydrogen (secondary N) is 1. The molecule has 9 heteroatoms. The second-order valence-electron chi connectivity index (χ2n) is 8.04. The predicted octanol–water partition coefficient (Wildman–Crippen LogP) is 6.01. The van der Waals surface area contributed by atoms with Crippen LogP contribution >= 0.6 is 22.9 Å². The van der Waals surface area contributed by atoms with E-state index >= 15 is 0 Å². The number of halogens is 1. The highest BCUT2D eigenvalue weighted by Gasteiger charge is 2.28. The summed E-state index contributed by atoms with van der Waals surface area (Å²) in [4.78, 5) is 28.6. The number of piperidine rings is 1. The van der Waals surface area contributed by atoms with Crippen molar-refractivity contribution < 1.29 is 9.72 Å². The Bertz CT molecular complexity index is 1080. The molecule has 7 nitrogen and oxygen atoms in total. The molecular formula is C24H25ClN4O3S. The second kappa shape index (κ2) is 10.8. The lowest BCUT2D eigenvalue weighted by Gasteiger charge is -2.38. The number of hydrogen-bond donors (Lipinski definition) is 1. The number of amides is 2. The third-order valence-electron chi connectivity index (χ3n) is 5.78. The molecule has 0 spiro atoms. The van der Waals surface area contributed by atoms with Gasteiger partial charge in [-0.1, -0.05) is 53.3 Å². The molecule has 2 amide bonds. The Kier molecular flexibility index (Phi) is 7.59. The van der Waals surface area contributed by atoms with Crippen LogP contribution in [-0.2, 0) is 13.1 Å². The number of nitrogens with zero attached hydrogens (tertiary/aromatic N) is 3. The summed E-state index contributed by atoms with van der Waals surface area (Å²) in [6, 6.07) is 20.8. The molecule has 1 aromatic heterocycles. The van der Waals surface area contributed by atoms with Gasteiger partial charge in [-0.05, 0) is 48.7 Å². The van der Waals surface area contributed by atoms with Crippen LogP contribution in [-0.4, -0.2) is 39.9 Å². The lowest BCUT2D eigenvalue weighted by Crippen LogP contribution is -2.47. The van der Waals surface area contributed by atoms with Gasteiger partial charge in [0.05, 0.1) is 4.92 Å². The van der Waals surface area contributed by atoms with E-state index in [0.29, 0.717) is 31.2 Å². The molecule has 1 saturated heterocycles. The van der Waals surface area contributed by atoms with Gasteiger partial charge in [-0.25, -0.2) is 4.79 Å². The summed E-state index contributed by atoms with van der Waals surface area (Å²) >= 11 is 7.26. The van der Waals surface area contributed by atoms with Crippen molar-refractivity contribution in [2.75, 3.05) is 18.4 Å². The van der Waals surface area contributed by atoms with E-state index in [9.17, 15) is 14.9 Å². The van der Waals surface area contributed by atoms with Crippen LogP contribution in [0, 0.1) is 10.1 Å². The highest BCUT2D eigenvalue weighted by Crippen LogP contribution is 2.28. The van der Waals surface area contributed by atoms with Crippen LogP contribution in [0.15, 0.2) is 66.7 Å². The number of carbonyl (C=O) groups excluding carboxylic acids is 1. The van der Waals surface area contributed by atoms with Crippen molar-refractivity contribution in [3.8, 4) is 0 Å². The van der Waals surface area contributed by atoms with Crippen molar-refractivity contribution >= 4 is 39.7 Å². The monoisotopic (exact) mass is 484 g/mol. The minimum atomic E-state index is -0.346. The minimum absolute atomic E-state index is 0.0854. The fraction of sp³-hybridized carbons (Fsp3) is 0.292. The summed E-state index contributed by atoms with van der Waals surface area (Å²) in [5.74, 6) is 0. The number of rotatable bonds is 7.